The molecule has 0 unspecified atom stereocenters. The molecule has 0 atom stereocenters. The molecule has 3 N–H and O–H groups in total. The van der Waals surface area contributed by atoms with Crippen molar-refractivity contribution in [2.75, 3.05) is 7.11 Å². The smallest absolute Gasteiger partial charge is 0.233 e. The van der Waals surface area contributed by atoms with E-state index < -0.39 is 0 Å². The van der Waals surface area contributed by atoms with Gasteiger partial charge in [0.15, 0.2) is 0 Å². The van der Waals surface area contributed by atoms with Crippen molar-refractivity contribution >= 4 is 17.5 Å². The van der Waals surface area contributed by atoms with Gasteiger partial charge in [-0.25, -0.2) is 5.84 Å². The first-order valence-corrected chi connectivity index (χ1v) is 5.78. The maximum atomic E-state index is 11.0. The van der Waals surface area contributed by atoms with Gasteiger partial charge in [0.25, 0.3) is 0 Å². The van der Waals surface area contributed by atoms with Crippen molar-refractivity contribution in [1.29, 1.82) is 0 Å². The van der Waals surface area contributed by atoms with E-state index in [9.17, 15) is 4.79 Å². The molecule has 0 fully saturated rings. The van der Waals surface area contributed by atoms with Crippen molar-refractivity contribution in [3.05, 3.63) is 28.3 Å². The number of rotatable bonds is 5. The van der Waals surface area contributed by atoms with Gasteiger partial charge in [-0.05, 0) is 43.0 Å². The van der Waals surface area contributed by atoms with Gasteiger partial charge in [0.05, 0.1) is 7.11 Å². The minimum atomic E-state index is -0.165. The van der Waals surface area contributed by atoms with Gasteiger partial charge in [-0.15, -0.1) is 0 Å². The molecule has 0 bridgehead atoms. The summed E-state index contributed by atoms with van der Waals surface area (Å²) in [5.41, 5.74) is 4.09. The molecular weight excluding hydrogens is 240 g/mol. The molecule has 0 spiro atoms. The SMILES string of the molecule is COc1cc(C)c(Cl)cc1CCCC(=O)NN. The average Bonchev–Trinajstić information content (AvgIpc) is 2.32. The number of hydrogen-bond acceptors (Lipinski definition) is 3. The Hall–Kier alpha value is -1.26. The Morgan fingerprint density at radius 1 is 1.53 bits per heavy atom. The summed E-state index contributed by atoms with van der Waals surface area (Å²) >= 11 is 6.06. The van der Waals surface area contributed by atoms with Gasteiger partial charge < -0.3 is 4.74 Å². The predicted molar refractivity (Wildman–Crippen MR) is 68.0 cm³/mol. The van der Waals surface area contributed by atoms with Gasteiger partial charge in [-0.2, -0.15) is 0 Å². The van der Waals surface area contributed by atoms with E-state index in [-0.39, 0.29) is 5.91 Å². The number of nitrogens with one attached hydrogen (secondary N) is 1. The summed E-state index contributed by atoms with van der Waals surface area (Å²) in [5.74, 6) is 5.65. The molecule has 1 aromatic carbocycles. The van der Waals surface area contributed by atoms with E-state index in [0.29, 0.717) is 17.9 Å². The monoisotopic (exact) mass is 256 g/mol. The van der Waals surface area contributed by atoms with Crippen LogP contribution in [0.25, 0.3) is 0 Å². The van der Waals surface area contributed by atoms with Crippen molar-refractivity contribution in [2.24, 2.45) is 5.84 Å². The lowest BCUT2D eigenvalue weighted by atomic mass is 10.0. The highest BCUT2D eigenvalue weighted by Gasteiger charge is 2.07. The van der Waals surface area contributed by atoms with Crippen LogP contribution in [0.3, 0.4) is 0 Å². The summed E-state index contributed by atoms with van der Waals surface area (Å²) in [5, 5.41) is 0.712. The van der Waals surface area contributed by atoms with E-state index in [1.807, 2.05) is 19.1 Å². The lowest BCUT2D eigenvalue weighted by Crippen LogP contribution is -2.29. The van der Waals surface area contributed by atoms with Crippen LogP contribution in [0.5, 0.6) is 5.75 Å². The number of carbonyl (C=O) groups is 1. The van der Waals surface area contributed by atoms with Crippen LogP contribution in [-0.2, 0) is 11.2 Å². The Kier molecular flexibility index (Phi) is 5.25. The van der Waals surface area contributed by atoms with Crippen molar-refractivity contribution in [3.63, 3.8) is 0 Å². The molecular formula is C12H17ClN2O2. The topological polar surface area (TPSA) is 64.3 Å². The van der Waals surface area contributed by atoms with Crippen LogP contribution >= 0.6 is 11.6 Å². The van der Waals surface area contributed by atoms with Crippen LogP contribution in [0.1, 0.15) is 24.0 Å². The molecule has 5 heteroatoms. The van der Waals surface area contributed by atoms with Gasteiger partial charge in [0.2, 0.25) is 5.91 Å². The minimum Gasteiger partial charge on any atom is -0.496 e. The van der Waals surface area contributed by atoms with Gasteiger partial charge in [-0.3, -0.25) is 10.2 Å². The number of hydrazine groups is 1. The molecule has 0 radical (unpaired) electrons. The van der Waals surface area contributed by atoms with Crippen molar-refractivity contribution in [2.45, 2.75) is 26.2 Å². The zero-order chi connectivity index (χ0) is 12.8. The van der Waals surface area contributed by atoms with Gasteiger partial charge >= 0.3 is 0 Å². The molecule has 17 heavy (non-hydrogen) atoms. The first kappa shape index (κ1) is 13.8. The summed E-state index contributed by atoms with van der Waals surface area (Å²) in [6, 6.07) is 3.79. The molecule has 0 heterocycles. The first-order chi connectivity index (χ1) is 8.08. The summed E-state index contributed by atoms with van der Waals surface area (Å²) in [6.07, 6.45) is 1.83. The number of ether oxygens (including phenoxy) is 1. The standard InChI is InChI=1S/C12H17ClN2O2/c1-8-6-11(17-2)9(7-10(8)13)4-3-5-12(16)15-14/h6-7H,3-5,14H2,1-2H3,(H,15,16). The highest BCUT2D eigenvalue weighted by atomic mass is 35.5. The molecule has 0 aromatic heterocycles. The molecule has 94 valence electrons. The maximum Gasteiger partial charge on any atom is 0.233 e. The van der Waals surface area contributed by atoms with Crippen molar-refractivity contribution in [3.8, 4) is 5.75 Å². The van der Waals surface area contributed by atoms with E-state index in [0.717, 1.165) is 23.3 Å². The number of nitrogens with two attached hydrogens (primary N) is 1. The van der Waals surface area contributed by atoms with Crippen LogP contribution in [0, 0.1) is 6.92 Å². The summed E-state index contributed by atoms with van der Waals surface area (Å²) < 4.78 is 5.28. The molecule has 0 aliphatic rings. The zero-order valence-electron chi connectivity index (χ0n) is 10.0. The molecule has 4 nitrogen and oxygen atoms in total. The Balaban J connectivity index is 2.69. The predicted octanol–water partition coefficient (Wildman–Crippen LogP) is 1.97. The van der Waals surface area contributed by atoms with Crippen LogP contribution < -0.4 is 16.0 Å². The number of hydrogen-bond donors (Lipinski definition) is 2. The van der Waals surface area contributed by atoms with E-state index in [1.54, 1.807) is 7.11 Å². The molecule has 0 aliphatic carbocycles. The van der Waals surface area contributed by atoms with Crippen LogP contribution in [0.15, 0.2) is 12.1 Å². The second kappa shape index (κ2) is 6.47. The zero-order valence-corrected chi connectivity index (χ0v) is 10.8. The second-order valence-corrected chi connectivity index (χ2v) is 4.24. The fourth-order valence-electron chi connectivity index (χ4n) is 1.59. The highest BCUT2D eigenvalue weighted by molar-refractivity contribution is 6.31. The molecule has 0 aliphatic heterocycles. The van der Waals surface area contributed by atoms with Crippen LogP contribution in [-0.4, -0.2) is 13.0 Å². The Bertz CT molecular complexity index is 408. The Labute approximate surface area is 106 Å². The summed E-state index contributed by atoms with van der Waals surface area (Å²) in [7, 11) is 1.62. The Morgan fingerprint density at radius 2 is 2.24 bits per heavy atom. The Morgan fingerprint density at radius 3 is 2.82 bits per heavy atom. The third-order valence-electron chi connectivity index (χ3n) is 2.57. The fraction of sp³-hybridized carbons (Fsp3) is 0.417. The second-order valence-electron chi connectivity index (χ2n) is 3.83. The number of benzene rings is 1. The quantitative estimate of drug-likeness (QED) is 0.481. The molecule has 0 saturated carbocycles. The highest BCUT2D eigenvalue weighted by Crippen LogP contribution is 2.27. The lowest BCUT2D eigenvalue weighted by Gasteiger charge is -2.10. The van der Waals surface area contributed by atoms with E-state index in [4.69, 9.17) is 22.2 Å². The van der Waals surface area contributed by atoms with E-state index >= 15 is 0 Å². The van der Waals surface area contributed by atoms with Crippen molar-refractivity contribution < 1.29 is 9.53 Å². The number of methoxy groups -OCH3 is 1. The number of aryl methyl sites for hydroxylation is 2. The molecule has 1 amide bonds. The lowest BCUT2D eigenvalue weighted by molar-refractivity contribution is -0.121. The largest absolute Gasteiger partial charge is 0.496 e. The van der Waals surface area contributed by atoms with Crippen LogP contribution in [0.2, 0.25) is 5.02 Å². The summed E-state index contributed by atoms with van der Waals surface area (Å²) in [4.78, 5) is 11.0. The minimum absolute atomic E-state index is 0.165. The average molecular weight is 257 g/mol. The molecule has 1 aromatic rings. The van der Waals surface area contributed by atoms with E-state index in [2.05, 4.69) is 5.43 Å². The van der Waals surface area contributed by atoms with Gasteiger partial charge in [0, 0.05) is 11.4 Å². The molecule has 0 saturated heterocycles. The maximum absolute atomic E-state index is 11.0. The number of amides is 1. The van der Waals surface area contributed by atoms with Crippen LogP contribution in [0.4, 0.5) is 0 Å². The third kappa shape index (κ3) is 3.91. The number of halogens is 1. The molecule has 1 rings (SSSR count). The third-order valence-corrected chi connectivity index (χ3v) is 2.98. The first-order valence-electron chi connectivity index (χ1n) is 5.41. The number of carbonyl (C=O) groups excluding carboxylic acids is 1. The van der Waals surface area contributed by atoms with Crippen molar-refractivity contribution in [1.82, 2.24) is 5.43 Å². The van der Waals surface area contributed by atoms with E-state index in [1.165, 1.54) is 0 Å². The normalized spacial score (nSPS) is 10.1. The fourth-order valence-corrected chi connectivity index (χ4v) is 1.78. The summed E-state index contributed by atoms with van der Waals surface area (Å²) in [6.45, 7) is 1.93. The van der Waals surface area contributed by atoms with Gasteiger partial charge in [-0.1, -0.05) is 11.6 Å². The van der Waals surface area contributed by atoms with Gasteiger partial charge in [0.1, 0.15) is 5.75 Å².